The summed E-state index contributed by atoms with van der Waals surface area (Å²) in [6.07, 6.45) is 0. The molecule has 1 aromatic carbocycles. The summed E-state index contributed by atoms with van der Waals surface area (Å²) in [5, 5.41) is 11.5. The molecule has 110 valence electrons. The lowest BCUT2D eigenvalue weighted by Gasteiger charge is -2.12. The molecule has 0 aliphatic heterocycles. The highest BCUT2D eigenvalue weighted by molar-refractivity contribution is 5.92. The van der Waals surface area contributed by atoms with Crippen LogP contribution in [0.5, 0.6) is 0 Å². The third-order valence-electron chi connectivity index (χ3n) is 2.17. The van der Waals surface area contributed by atoms with Gasteiger partial charge in [-0.15, -0.1) is 0 Å². The molecule has 0 aromatic heterocycles. The molecule has 1 rings (SSSR count). The van der Waals surface area contributed by atoms with E-state index in [4.69, 9.17) is 5.11 Å². The van der Waals surface area contributed by atoms with Gasteiger partial charge in [-0.1, -0.05) is 0 Å². The second-order valence-corrected chi connectivity index (χ2v) is 3.60. The number of urea groups is 1. The Labute approximate surface area is 108 Å². The first kappa shape index (κ1) is 15.7. The van der Waals surface area contributed by atoms with Gasteiger partial charge in [0.05, 0.1) is 0 Å². The number of carboxylic acids is 1. The summed E-state index contributed by atoms with van der Waals surface area (Å²) in [5.41, 5.74) is -1.57. The first-order chi connectivity index (χ1) is 9.16. The number of nitrogens with one attached hydrogen (secondary N) is 2. The summed E-state index contributed by atoms with van der Waals surface area (Å²) >= 11 is 0. The molecule has 0 spiro atoms. The van der Waals surface area contributed by atoms with Gasteiger partial charge in [0.25, 0.3) is 0 Å². The van der Waals surface area contributed by atoms with Crippen molar-refractivity contribution in [3.05, 3.63) is 29.1 Å². The van der Waals surface area contributed by atoms with E-state index in [9.17, 15) is 31.5 Å². The molecule has 20 heavy (non-hydrogen) atoms. The van der Waals surface area contributed by atoms with E-state index in [0.29, 0.717) is 0 Å². The van der Waals surface area contributed by atoms with Crippen LogP contribution >= 0.6 is 0 Å². The van der Waals surface area contributed by atoms with Gasteiger partial charge < -0.3 is 15.7 Å². The average molecular weight is 298 g/mol. The van der Waals surface area contributed by atoms with E-state index in [2.05, 4.69) is 0 Å². The Bertz CT molecular complexity index is 549. The number of anilines is 1. The number of carbonyl (C=O) groups excluding carboxylic acids is 1. The maximum atomic E-state index is 13.2. The molecular formula is C10H7F5N2O3. The summed E-state index contributed by atoms with van der Waals surface area (Å²) in [4.78, 5) is 21.6. The molecule has 5 nitrogen and oxygen atoms in total. The van der Waals surface area contributed by atoms with Gasteiger partial charge in [0, 0.05) is 0 Å². The Kier molecular flexibility index (Phi) is 4.48. The van der Waals surface area contributed by atoms with Gasteiger partial charge in [0.1, 0.15) is 11.7 Å². The van der Waals surface area contributed by atoms with Gasteiger partial charge in [0.2, 0.25) is 5.82 Å². The lowest BCUT2D eigenvalue weighted by molar-refractivity contribution is -0.138. The number of amides is 2. The predicted octanol–water partition coefficient (Wildman–Crippen LogP) is 1.98. The van der Waals surface area contributed by atoms with Crippen LogP contribution in [0.2, 0.25) is 0 Å². The second-order valence-electron chi connectivity index (χ2n) is 3.60. The minimum atomic E-state index is -2.37. The maximum absolute atomic E-state index is 13.2. The Morgan fingerprint density at radius 3 is 1.75 bits per heavy atom. The summed E-state index contributed by atoms with van der Waals surface area (Å²) < 4.78 is 64.7. The smallest absolute Gasteiger partial charge is 0.325 e. The number of carbonyl (C=O) groups is 2. The first-order valence-corrected chi connectivity index (χ1v) is 4.98. The number of aliphatic carboxylic acids is 1. The number of hydrogen-bond donors (Lipinski definition) is 3. The Morgan fingerprint density at radius 2 is 1.35 bits per heavy atom. The first-order valence-electron chi connectivity index (χ1n) is 4.98. The highest BCUT2D eigenvalue weighted by Gasteiger charge is 2.27. The summed E-state index contributed by atoms with van der Waals surface area (Å²) in [7, 11) is 0. The van der Waals surface area contributed by atoms with Crippen LogP contribution in [0.1, 0.15) is 6.92 Å². The Hall–Kier alpha value is -2.39. The molecule has 1 aromatic rings. The lowest BCUT2D eigenvalue weighted by Crippen LogP contribution is -2.41. The fraction of sp³-hybridized carbons (Fsp3) is 0.200. The van der Waals surface area contributed by atoms with Crippen molar-refractivity contribution in [2.24, 2.45) is 0 Å². The van der Waals surface area contributed by atoms with Crippen LogP contribution in [0.3, 0.4) is 0 Å². The van der Waals surface area contributed by atoms with Gasteiger partial charge >= 0.3 is 12.0 Å². The Morgan fingerprint density at radius 1 is 0.950 bits per heavy atom. The van der Waals surface area contributed by atoms with E-state index in [1.54, 1.807) is 5.32 Å². The molecule has 0 bridgehead atoms. The monoisotopic (exact) mass is 298 g/mol. The standard InChI is InChI=1S/C10H7F5N2O3/c1-2(9(18)19)16-10(20)17-8-6(14)4(12)3(11)5(13)7(8)15/h2H,1H3,(H,18,19)(H2,16,17,20). The number of hydrogen-bond acceptors (Lipinski definition) is 2. The second kappa shape index (κ2) is 5.72. The van der Waals surface area contributed by atoms with Crippen LogP contribution in [0.4, 0.5) is 32.4 Å². The van der Waals surface area contributed by atoms with E-state index in [-0.39, 0.29) is 0 Å². The molecule has 3 N–H and O–H groups in total. The molecule has 2 amide bonds. The van der Waals surface area contributed by atoms with Crippen molar-refractivity contribution in [1.29, 1.82) is 0 Å². The van der Waals surface area contributed by atoms with Crippen LogP contribution < -0.4 is 10.6 Å². The zero-order chi connectivity index (χ0) is 15.6. The molecular weight excluding hydrogens is 291 g/mol. The fourth-order valence-corrected chi connectivity index (χ4v) is 1.12. The minimum Gasteiger partial charge on any atom is -0.480 e. The van der Waals surface area contributed by atoms with Gasteiger partial charge in [0.15, 0.2) is 23.3 Å². The SMILES string of the molecule is CC(NC(=O)Nc1c(F)c(F)c(F)c(F)c1F)C(=O)O. The number of rotatable bonds is 3. The summed E-state index contributed by atoms with van der Waals surface area (Å²) in [6, 6.07) is -2.88. The van der Waals surface area contributed by atoms with Crippen molar-refractivity contribution in [2.75, 3.05) is 5.32 Å². The van der Waals surface area contributed by atoms with Crippen LogP contribution in [-0.4, -0.2) is 23.1 Å². The van der Waals surface area contributed by atoms with Crippen molar-refractivity contribution in [3.8, 4) is 0 Å². The topological polar surface area (TPSA) is 78.4 Å². The average Bonchev–Trinajstić information content (AvgIpc) is 2.39. The molecule has 0 radical (unpaired) electrons. The third kappa shape index (κ3) is 2.95. The van der Waals surface area contributed by atoms with E-state index >= 15 is 0 Å². The van der Waals surface area contributed by atoms with Gasteiger partial charge in [-0.25, -0.2) is 26.7 Å². The zero-order valence-electron chi connectivity index (χ0n) is 9.73. The van der Waals surface area contributed by atoms with Crippen LogP contribution in [0.25, 0.3) is 0 Å². The number of carboxylic acid groups (broad SMARTS) is 1. The minimum absolute atomic E-state index is 1.03. The molecule has 0 saturated heterocycles. The van der Waals surface area contributed by atoms with Crippen LogP contribution in [0.15, 0.2) is 0 Å². The maximum Gasteiger partial charge on any atom is 0.325 e. The lowest BCUT2D eigenvalue weighted by atomic mass is 10.2. The van der Waals surface area contributed by atoms with E-state index in [1.165, 1.54) is 5.32 Å². The zero-order valence-corrected chi connectivity index (χ0v) is 9.73. The highest BCUT2D eigenvalue weighted by Crippen LogP contribution is 2.26. The molecule has 0 aliphatic rings. The summed E-state index contributed by atoms with van der Waals surface area (Å²) in [5.74, 6) is -12.8. The normalized spacial score (nSPS) is 11.9. The van der Waals surface area contributed by atoms with Crippen molar-refractivity contribution in [3.63, 3.8) is 0 Å². The molecule has 0 fully saturated rings. The van der Waals surface area contributed by atoms with Gasteiger partial charge in [-0.3, -0.25) is 4.79 Å². The van der Waals surface area contributed by atoms with Crippen molar-refractivity contribution in [2.45, 2.75) is 13.0 Å². The van der Waals surface area contributed by atoms with E-state index in [0.717, 1.165) is 6.92 Å². The van der Waals surface area contributed by atoms with Crippen molar-refractivity contribution < 1.29 is 36.6 Å². The molecule has 1 unspecified atom stereocenters. The molecule has 0 saturated carbocycles. The summed E-state index contributed by atoms with van der Waals surface area (Å²) in [6.45, 7) is 1.03. The van der Waals surface area contributed by atoms with E-state index < -0.39 is 52.8 Å². The van der Waals surface area contributed by atoms with Gasteiger partial charge in [-0.2, -0.15) is 0 Å². The number of benzene rings is 1. The molecule has 10 heteroatoms. The van der Waals surface area contributed by atoms with Crippen molar-refractivity contribution >= 4 is 17.7 Å². The van der Waals surface area contributed by atoms with Gasteiger partial charge in [-0.05, 0) is 6.92 Å². The highest BCUT2D eigenvalue weighted by atomic mass is 19.2. The van der Waals surface area contributed by atoms with Crippen LogP contribution in [-0.2, 0) is 4.79 Å². The van der Waals surface area contributed by atoms with E-state index in [1.807, 2.05) is 0 Å². The van der Waals surface area contributed by atoms with Crippen LogP contribution in [0, 0.1) is 29.1 Å². The molecule has 1 atom stereocenters. The third-order valence-corrected chi connectivity index (χ3v) is 2.17. The quantitative estimate of drug-likeness (QED) is 0.453. The molecule has 0 heterocycles. The van der Waals surface area contributed by atoms with Crippen molar-refractivity contribution in [1.82, 2.24) is 5.32 Å². The predicted molar refractivity (Wildman–Crippen MR) is 55.5 cm³/mol. The largest absolute Gasteiger partial charge is 0.480 e. The number of halogens is 5. The fourth-order valence-electron chi connectivity index (χ4n) is 1.12. The molecule has 0 aliphatic carbocycles. The Balaban J connectivity index is 3.05.